The summed E-state index contributed by atoms with van der Waals surface area (Å²) in [4.78, 5) is 28.8. The maximum Gasteiger partial charge on any atom is 0.264 e. The summed E-state index contributed by atoms with van der Waals surface area (Å²) < 4.78 is 29.6. The lowest BCUT2D eigenvalue weighted by atomic mass is 10.1. The van der Waals surface area contributed by atoms with Crippen LogP contribution in [0.1, 0.15) is 43.7 Å². The number of hydrogen-bond donors (Lipinski definition) is 1. The van der Waals surface area contributed by atoms with Crippen molar-refractivity contribution in [3.8, 4) is 0 Å². The molecule has 1 saturated carbocycles. The molecule has 0 heterocycles. The number of halogens is 2. The highest BCUT2D eigenvalue weighted by Gasteiger charge is 2.33. The zero-order chi connectivity index (χ0) is 28.9. The van der Waals surface area contributed by atoms with Crippen molar-refractivity contribution in [3.05, 3.63) is 93.4 Å². The van der Waals surface area contributed by atoms with Crippen LogP contribution in [0, 0.1) is 6.92 Å². The average Bonchev–Trinajstić information content (AvgIpc) is 3.44. The van der Waals surface area contributed by atoms with Gasteiger partial charge < -0.3 is 10.2 Å². The fourth-order valence-electron chi connectivity index (χ4n) is 4.76. The van der Waals surface area contributed by atoms with Gasteiger partial charge in [0.1, 0.15) is 12.6 Å². The van der Waals surface area contributed by atoms with E-state index < -0.39 is 28.5 Å². The fraction of sp³-hybridized carbons (Fsp3) is 0.333. The van der Waals surface area contributed by atoms with Gasteiger partial charge in [-0.1, -0.05) is 76.3 Å². The number of carbonyl (C=O) groups is 2. The summed E-state index contributed by atoms with van der Waals surface area (Å²) in [6.07, 6.45) is 3.92. The third-order valence-corrected chi connectivity index (χ3v) is 9.86. The molecule has 40 heavy (non-hydrogen) atoms. The lowest BCUT2D eigenvalue weighted by Gasteiger charge is -2.32. The number of sulfonamides is 1. The van der Waals surface area contributed by atoms with Gasteiger partial charge in [-0.05, 0) is 74.7 Å². The van der Waals surface area contributed by atoms with Crippen LogP contribution >= 0.6 is 27.5 Å². The third-order valence-electron chi connectivity index (χ3n) is 7.17. The number of amides is 2. The summed E-state index contributed by atoms with van der Waals surface area (Å²) >= 11 is 9.81. The molecule has 1 N–H and O–H groups in total. The average molecular weight is 647 g/mol. The van der Waals surface area contributed by atoms with Gasteiger partial charge in [0, 0.05) is 22.1 Å². The Morgan fingerprint density at radius 1 is 1.00 bits per heavy atom. The quantitative estimate of drug-likeness (QED) is 0.289. The summed E-state index contributed by atoms with van der Waals surface area (Å²) in [6, 6.07) is 19.5. The molecule has 10 heteroatoms. The number of aryl methyl sites for hydroxylation is 1. The number of anilines is 1. The molecule has 0 saturated heterocycles. The fourth-order valence-corrected chi connectivity index (χ4v) is 6.63. The Labute approximate surface area is 249 Å². The van der Waals surface area contributed by atoms with Crippen LogP contribution in [0.25, 0.3) is 0 Å². The normalized spacial score (nSPS) is 14.5. The second-order valence-electron chi connectivity index (χ2n) is 10.1. The van der Waals surface area contributed by atoms with Crippen molar-refractivity contribution in [2.75, 3.05) is 10.8 Å². The van der Waals surface area contributed by atoms with Crippen LogP contribution in [0.5, 0.6) is 0 Å². The molecule has 0 aliphatic heterocycles. The first-order chi connectivity index (χ1) is 19.1. The molecular formula is C30H33BrClN3O4S. The van der Waals surface area contributed by atoms with Gasteiger partial charge in [-0.3, -0.25) is 13.9 Å². The van der Waals surface area contributed by atoms with Crippen LogP contribution in [0.2, 0.25) is 5.02 Å². The van der Waals surface area contributed by atoms with Crippen molar-refractivity contribution in [2.24, 2.45) is 0 Å². The predicted octanol–water partition coefficient (Wildman–Crippen LogP) is 6.08. The molecule has 0 aromatic heterocycles. The van der Waals surface area contributed by atoms with E-state index in [4.69, 9.17) is 11.6 Å². The molecule has 0 unspecified atom stereocenters. The number of hydrogen-bond acceptors (Lipinski definition) is 4. The van der Waals surface area contributed by atoms with Gasteiger partial charge in [-0.25, -0.2) is 8.42 Å². The number of nitrogens with one attached hydrogen (secondary N) is 1. The number of rotatable bonds is 10. The molecule has 3 aromatic rings. The van der Waals surface area contributed by atoms with Gasteiger partial charge in [0.2, 0.25) is 11.8 Å². The Morgan fingerprint density at radius 2 is 1.62 bits per heavy atom. The van der Waals surface area contributed by atoms with Crippen molar-refractivity contribution in [2.45, 2.75) is 63.1 Å². The zero-order valence-electron chi connectivity index (χ0n) is 22.5. The third kappa shape index (κ3) is 7.25. The zero-order valence-corrected chi connectivity index (χ0v) is 25.7. The van der Waals surface area contributed by atoms with Gasteiger partial charge in [0.05, 0.1) is 10.6 Å². The first-order valence-electron chi connectivity index (χ1n) is 13.2. The van der Waals surface area contributed by atoms with Crippen molar-refractivity contribution in [1.82, 2.24) is 10.2 Å². The molecule has 1 atom stereocenters. The van der Waals surface area contributed by atoms with Crippen molar-refractivity contribution in [3.63, 3.8) is 0 Å². The van der Waals surface area contributed by atoms with Gasteiger partial charge in [0.15, 0.2) is 0 Å². The van der Waals surface area contributed by atoms with E-state index in [1.807, 2.05) is 13.0 Å². The standard InChI is InChI=1S/C30H33BrClN3O4S/c1-21-11-17-27(18-12-21)40(38,39)35(26-15-13-24(31)14-16-26)20-29(36)34(19-23-7-3-6-10-28(23)32)22(2)30(37)33-25-8-4-5-9-25/h3,6-7,10-18,22,25H,4-5,8-9,19-20H2,1-2H3,(H,33,37)/t22-/m1/s1. The predicted molar refractivity (Wildman–Crippen MR) is 162 cm³/mol. The lowest BCUT2D eigenvalue weighted by Crippen LogP contribution is -2.52. The molecule has 3 aromatic carbocycles. The second-order valence-corrected chi connectivity index (χ2v) is 13.3. The van der Waals surface area contributed by atoms with Gasteiger partial charge in [-0.2, -0.15) is 0 Å². The Hall–Kier alpha value is -2.88. The molecule has 7 nitrogen and oxygen atoms in total. The molecule has 2 amide bonds. The molecule has 0 spiro atoms. The van der Waals surface area contributed by atoms with Crippen LogP contribution < -0.4 is 9.62 Å². The van der Waals surface area contributed by atoms with Crippen molar-refractivity contribution >= 4 is 55.1 Å². The van der Waals surface area contributed by atoms with Crippen LogP contribution in [-0.2, 0) is 26.2 Å². The highest BCUT2D eigenvalue weighted by Crippen LogP contribution is 2.27. The maximum atomic E-state index is 14.0. The molecule has 1 aliphatic rings. The number of benzene rings is 3. The van der Waals surface area contributed by atoms with Crippen LogP contribution in [0.15, 0.2) is 82.2 Å². The summed E-state index contributed by atoms with van der Waals surface area (Å²) in [7, 11) is -4.11. The molecule has 4 rings (SSSR count). The molecule has 0 radical (unpaired) electrons. The van der Waals surface area contributed by atoms with E-state index in [9.17, 15) is 18.0 Å². The van der Waals surface area contributed by atoms with Gasteiger partial charge >= 0.3 is 0 Å². The van der Waals surface area contributed by atoms with Crippen LogP contribution in [-0.4, -0.2) is 43.8 Å². The second kappa shape index (κ2) is 13.2. The summed E-state index contributed by atoms with van der Waals surface area (Å²) in [6.45, 7) is 3.09. The number of carbonyl (C=O) groups excluding carboxylic acids is 2. The van der Waals surface area contributed by atoms with Gasteiger partial charge in [0.25, 0.3) is 10.0 Å². The SMILES string of the molecule is Cc1ccc(S(=O)(=O)N(CC(=O)N(Cc2ccccc2Cl)[C@H](C)C(=O)NC2CCCC2)c2ccc(Br)cc2)cc1. The van der Waals surface area contributed by atoms with E-state index in [2.05, 4.69) is 21.2 Å². The molecular weight excluding hydrogens is 614 g/mol. The van der Waals surface area contributed by atoms with Crippen LogP contribution in [0.4, 0.5) is 5.69 Å². The van der Waals surface area contributed by atoms with E-state index in [0.29, 0.717) is 16.3 Å². The lowest BCUT2D eigenvalue weighted by molar-refractivity contribution is -0.139. The molecule has 1 fully saturated rings. The summed E-state index contributed by atoms with van der Waals surface area (Å²) in [5, 5.41) is 3.52. The van der Waals surface area contributed by atoms with E-state index >= 15 is 0 Å². The molecule has 0 bridgehead atoms. The first kappa shape index (κ1) is 30.1. The van der Waals surface area contributed by atoms with E-state index in [0.717, 1.165) is 40.0 Å². The number of nitrogens with zero attached hydrogens (tertiary/aromatic N) is 2. The smallest absolute Gasteiger partial charge is 0.264 e. The Morgan fingerprint density at radius 3 is 2.25 bits per heavy atom. The molecule has 1 aliphatic carbocycles. The van der Waals surface area contributed by atoms with E-state index in [1.165, 1.54) is 17.0 Å². The minimum Gasteiger partial charge on any atom is -0.352 e. The minimum atomic E-state index is -4.11. The minimum absolute atomic E-state index is 0.0521. The topological polar surface area (TPSA) is 86.8 Å². The van der Waals surface area contributed by atoms with E-state index in [-0.39, 0.29) is 23.4 Å². The summed E-state index contributed by atoms with van der Waals surface area (Å²) in [5.41, 5.74) is 1.91. The Kier molecular flexibility index (Phi) is 9.92. The van der Waals surface area contributed by atoms with Gasteiger partial charge in [-0.15, -0.1) is 0 Å². The van der Waals surface area contributed by atoms with Crippen molar-refractivity contribution < 1.29 is 18.0 Å². The Bertz CT molecular complexity index is 1440. The maximum absolute atomic E-state index is 14.0. The van der Waals surface area contributed by atoms with Crippen molar-refractivity contribution in [1.29, 1.82) is 0 Å². The van der Waals surface area contributed by atoms with E-state index in [1.54, 1.807) is 61.5 Å². The molecule has 212 valence electrons. The summed E-state index contributed by atoms with van der Waals surface area (Å²) in [5.74, 6) is -0.795. The largest absolute Gasteiger partial charge is 0.352 e. The first-order valence-corrected chi connectivity index (χ1v) is 15.9. The monoisotopic (exact) mass is 645 g/mol. The highest BCUT2D eigenvalue weighted by atomic mass is 79.9. The van der Waals surface area contributed by atoms with Crippen LogP contribution in [0.3, 0.4) is 0 Å². The highest BCUT2D eigenvalue weighted by molar-refractivity contribution is 9.10. The Balaban J connectivity index is 1.69.